The second-order valence-electron chi connectivity index (χ2n) is 5.66. The Bertz CT molecular complexity index is 389. The summed E-state index contributed by atoms with van der Waals surface area (Å²) < 4.78 is 0. The van der Waals surface area contributed by atoms with Crippen molar-refractivity contribution in [1.82, 2.24) is 5.06 Å². The number of nitrogens with zero attached hydrogens (tertiary/aromatic N) is 1. The number of hydrogen-bond donors (Lipinski definition) is 1. The number of rotatable bonds is 2. The second-order valence-corrected chi connectivity index (χ2v) is 5.66. The number of aliphatic hydroxyl groups excluding tert-OH is 1. The minimum Gasteiger partial charge on any atom is -0.367 e. The average molecular weight is 235 g/mol. The Labute approximate surface area is 103 Å². The first-order chi connectivity index (χ1) is 7.78. The summed E-state index contributed by atoms with van der Waals surface area (Å²) in [6.07, 6.45) is -0.803. The van der Waals surface area contributed by atoms with E-state index < -0.39 is 6.29 Å². The number of aliphatic hydroxyl groups is 1. The quantitative estimate of drug-likeness (QED) is 0.800. The molecule has 0 saturated heterocycles. The molecule has 1 aliphatic heterocycles. The number of fused-ring (bicyclic) bond motifs is 1. The highest BCUT2D eigenvalue weighted by molar-refractivity contribution is 5.42. The van der Waals surface area contributed by atoms with E-state index in [4.69, 9.17) is 4.84 Å². The zero-order chi connectivity index (χ0) is 12.8. The van der Waals surface area contributed by atoms with Gasteiger partial charge in [-0.05, 0) is 45.7 Å². The minimum atomic E-state index is -0.803. The van der Waals surface area contributed by atoms with Crippen LogP contribution in [0.1, 0.15) is 45.7 Å². The fourth-order valence-corrected chi connectivity index (χ4v) is 2.88. The van der Waals surface area contributed by atoms with Gasteiger partial charge in [-0.2, -0.15) is 5.06 Å². The van der Waals surface area contributed by atoms with Gasteiger partial charge in [0.15, 0.2) is 6.29 Å². The van der Waals surface area contributed by atoms with Crippen LogP contribution in [-0.2, 0) is 15.9 Å². The molecule has 3 nitrogen and oxygen atoms in total. The van der Waals surface area contributed by atoms with Crippen molar-refractivity contribution in [3.8, 4) is 0 Å². The molecule has 2 rings (SSSR count). The molecule has 0 aromatic heterocycles. The van der Waals surface area contributed by atoms with E-state index in [1.54, 1.807) is 6.92 Å². The normalized spacial score (nSPS) is 23.4. The van der Waals surface area contributed by atoms with Gasteiger partial charge in [-0.3, -0.25) is 4.84 Å². The van der Waals surface area contributed by atoms with Gasteiger partial charge in [-0.25, -0.2) is 0 Å². The lowest BCUT2D eigenvalue weighted by atomic mass is 9.91. The first-order valence-electron chi connectivity index (χ1n) is 6.03. The molecule has 3 heteroatoms. The lowest BCUT2D eigenvalue weighted by molar-refractivity contribution is -0.326. The Kier molecular flexibility index (Phi) is 2.81. The van der Waals surface area contributed by atoms with Crippen LogP contribution in [0.2, 0.25) is 0 Å². The van der Waals surface area contributed by atoms with Gasteiger partial charge in [0.2, 0.25) is 0 Å². The summed E-state index contributed by atoms with van der Waals surface area (Å²) in [4.78, 5) is 5.61. The summed E-state index contributed by atoms with van der Waals surface area (Å²) in [5.41, 5.74) is 2.03. The van der Waals surface area contributed by atoms with Crippen LogP contribution in [0.25, 0.3) is 0 Å². The van der Waals surface area contributed by atoms with Crippen LogP contribution in [-0.4, -0.2) is 16.5 Å². The van der Waals surface area contributed by atoms with Crippen LogP contribution in [0.4, 0.5) is 0 Å². The Morgan fingerprint density at radius 1 is 1.06 bits per heavy atom. The molecule has 1 N–H and O–H groups in total. The zero-order valence-electron chi connectivity index (χ0n) is 11.2. The topological polar surface area (TPSA) is 32.7 Å². The van der Waals surface area contributed by atoms with Crippen LogP contribution in [0.3, 0.4) is 0 Å². The number of benzene rings is 1. The van der Waals surface area contributed by atoms with Crippen LogP contribution in [0.5, 0.6) is 0 Å². The second kappa shape index (κ2) is 3.80. The molecule has 0 saturated carbocycles. The van der Waals surface area contributed by atoms with E-state index in [0.29, 0.717) is 0 Å². The lowest BCUT2D eigenvalue weighted by Crippen LogP contribution is -2.46. The molecule has 1 atom stereocenters. The van der Waals surface area contributed by atoms with Crippen LogP contribution < -0.4 is 0 Å². The fraction of sp³-hybridized carbons (Fsp3) is 0.571. The van der Waals surface area contributed by atoms with Gasteiger partial charge in [0.1, 0.15) is 0 Å². The molecule has 0 amide bonds. The maximum absolute atomic E-state index is 9.49. The highest BCUT2D eigenvalue weighted by atomic mass is 16.8. The standard InChI is InChI=1S/C14H21NO2/c1-10(16)17-15-13(2,3)11-8-6-7-9-12(11)14(15,4)5/h6-10,16H,1-5H3. The third-order valence-corrected chi connectivity index (χ3v) is 3.52. The summed E-state index contributed by atoms with van der Waals surface area (Å²) in [6.45, 7) is 10.1. The largest absolute Gasteiger partial charge is 0.367 e. The summed E-state index contributed by atoms with van der Waals surface area (Å²) in [5, 5.41) is 11.4. The first-order valence-corrected chi connectivity index (χ1v) is 6.03. The van der Waals surface area contributed by atoms with Gasteiger partial charge in [-0.15, -0.1) is 0 Å². The van der Waals surface area contributed by atoms with Crippen molar-refractivity contribution >= 4 is 0 Å². The molecule has 1 aromatic carbocycles. The number of hydroxylamine groups is 2. The van der Waals surface area contributed by atoms with Crippen molar-refractivity contribution in [2.75, 3.05) is 0 Å². The van der Waals surface area contributed by atoms with Gasteiger partial charge in [0, 0.05) is 0 Å². The molecule has 0 bridgehead atoms. The summed E-state index contributed by atoms with van der Waals surface area (Å²) in [7, 11) is 0. The third-order valence-electron chi connectivity index (χ3n) is 3.52. The van der Waals surface area contributed by atoms with Crippen molar-refractivity contribution < 1.29 is 9.94 Å². The van der Waals surface area contributed by atoms with E-state index >= 15 is 0 Å². The smallest absolute Gasteiger partial charge is 0.171 e. The van der Waals surface area contributed by atoms with Gasteiger partial charge >= 0.3 is 0 Å². The Hall–Kier alpha value is -0.900. The Morgan fingerprint density at radius 3 is 1.82 bits per heavy atom. The molecule has 94 valence electrons. The third kappa shape index (κ3) is 1.79. The van der Waals surface area contributed by atoms with Crippen molar-refractivity contribution in [3.63, 3.8) is 0 Å². The predicted octanol–water partition coefficient (Wildman–Crippen LogP) is 2.74. The van der Waals surface area contributed by atoms with Crippen molar-refractivity contribution in [3.05, 3.63) is 35.4 Å². The van der Waals surface area contributed by atoms with Crippen molar-refractivity contribution in [1.29, 1.82) is 0 Å². The predicted molar refractivity (Wildman–Crippen MR) is 67.1 cm³/mol. The maximum Gasteiger partial charge on any atom is 0.171 e. The van der Waals surface area contributed by atoms with Crippen molar-refractivity contribution in [2.45, 2.75) is 52.0 Å². The molecular weight excluding hydrogens is 214 g/mol. The fourth-order valence-electron chi connectivity index (χ4n) is 2.88. The highest BCUT2D eigenvalue weighted by Crippen LogP contribution is 2.49. The SMILES string of the molecule is CC(O)ON1C(C)(C)c2ccccc2C1(C)C. The minimum absolute atomic E-state index is 0.239. The molecule has 17 heavy (non-hydrogen) atoms. The molecule has 1 heterocycles. The van der Waals surface area contributed by atoms with E-state index in [9.17, 15) is 5.11 Å². The molecule has 1 aromatic rings. The molecule has 0 fully saturated rings. The molecule has 1 unspecified atom stereocenters. The summed E-state index contributed by atoms with van der Waals surface area (Å²) in [6, 6.07) is 8.34. The Morgan fingerprint density at radius 2 is 1.47 bits per heavy atom. The van der Waals surface area contributed by atoms with E-state index in [2.05, 4.69) is 39.8 Å². The molecular formula is C14H21NO2. The Balaban J connectivity index is 2.52. The van der Waals surface area contributed by atoms with Gasteiger partial charge in [0.25, 0.3) is 0 Å². The maximum atomic E-state index is 9.49. The number of hydrogen-bond acceptors (Lipinski definition) is 3. The molecule has 0 spiro atoms. The van der Waals surface area contributed by atoms with E-state index in [1.165, 1.54) is 11.1 Å². The van der Waals surface area contributed by atoms with Crippen LogP contribution in [0.15, 0.2) is 24.3 Å². The summed E-state index contributed by atoms with van der Waals surface area (Å²) in [5.74, 6) is 0. The summed E-state index contributed by atoms with van der Waals surface area (Å²) >= 11 is 0. The van der Waals surface area contributed by atoms with E-state index in [0.717, 1.165) is 0 Å². The van der Waals surface area contributed by atoms with Crippen LogP contribution >= 0.6 is 0 Å². The first kappa shape index (κ1) is 12.6. The molecule has 0 radical (unpaired) electrons. The molecule has 1 aliphatic rings. The van der Waals surface area contributed by atoms with Gasteiger partial charge < -0.3 is 5.11 Å². The lowest BCUT2D eigenvalue weighted by Gasteiger charge is -2.40. The van der Waals surface area contributed by atoms with E-state index in [-0.39, 0.29) is 11.1 Å². The zero-order valence-corrected chi connectivity index (χ0v) is 11.2. The van der Waals surface area contributed by atoms with Gasteiger partial charge in [0.05, 0.1) is 11.1 Å². The van der Waals surface area contributed by atoms with Gasteiger partial charge in [-0.1, -0.05) is 24.3 Å². The monoisotopic (exact) mass is 235 g/mol. The molecule has 0 aliphatic carbocycles. The van der Waals surface area contributed by atoms with Crippen molar-refractivity contribution in [2.24, 2.45) is 0 Å². The van der Waals surface area contributed by atoms with E-state index in [1.807, 2.05) is 17.2 Å². The van der Waals surface area contributed by atoms with Crippen LogP contribution in [0, 0.1) is 0 Å². The average Bonchev–Trinajstić information content (AvgIpc) is 2.38. The highest BCUT2D eigenvalue weighted by Gasteiger charge is 2.50.